The van der Waals surface area contributed by atoms with Crippen molar-refractivity contribution in [3.63, 3.8) is 0 Å². The molecule has 7 heteroatoms. The number of rotatable bonds is 9. The third kappa shape index (κ3) is 6.99. The first-order valence-corrected chi connectivity index (χ1v) is 11.5. The molecule has 0 aliphatic rings. The molecule has 0 spiro atoms. The lowest BCUT2D eigenvalue weighted by Gasteiger charge is -2.23. The van der Waals surface area contributed by atoms with E-state index in [1.165, 1.54) is 5.56 Å². The SMILES string of the molecule is CCC(CNC(=O)CN(c1cccc(Br)c1)S(C)(=O)=O)Cc1ccccc1. The Morgan fingerprint density at radius 2 is 1.85 bits per heavy atom. The first-order valence-electron chi connectivity index (χ1n) is 8.83. The van der Waals surface area contributed by atoms with Gasteiger partial charge in [-0.2, -0.15) is 0 Å². The van der Waals surface area contributed by atoms with Crippen molar-refractivity contribution in [3.05, 3.63) is 64.6 Å². The minimum absolute atomic E-state index is 0.239. The lowest BCUT2D eigenvalue weighted by Crippen LogP contribution is -2.41. The van der Waals surface area contributed by atoms with E-state index in [4.69, 9.17) is 0 Å². The summed E-state index contributed by atoms with van der Waals surface area (Å²) in [6.45, 7) is 2.36. The molecule has 0 aromatic heterocycles. The number of benzene rings is 2. The average molecular weight is 453 g/mol. The smallest absolute Gasteiger partial charge is 0.240 e. The van der Waals surface area contributed by atoms with Gasteiger partial charge in [0.25, 0.3) is 0 Å². The van der Waals surface area contributed by atoms with E-state index in [-0.39, 0.29) is 12.5 Å². The molecule has 27 heavy (non-hydrogen) atoms. The van der Waals surface area contributed by atoms with Crippen molar-refractivity contribution in [1.29, 1.82) is 0 Å². The summed E-state index contributed by atoms with van der Waals surface area (Å²) >= 11 is 3.33. The van der Waals surface area contributed by atoms with Gasteiger partial charge in [-0.1, -0.05) is 65.7 Å². The molecule has 1 unspecified atom stereocenters. The van der Waals surface area contributed by atoms with Crippen LogP contribution in [0, 0.1) is 5.92 Å². The van der Waals surface area contributed by atoms with Crippen molar-refractivity contribution in [2.45, 2.75) is 19.8 Å². The fourth-order valence-electron chi connectivity index (χ4n) is 2.78. The summed E-state index contributed by atoms with van der Waals surface area (Å²) in [7, 11) is -3.57. The Morgan fingerprint density at radius 3 is 2.44 bits per heavy atom. The summed E-state index contributed by atoms with van der Waals surface area (Å²) < 4.78 is 26.2. The summed E-state index contributed by atoms with van der Waals surface area (Å²) in [4.78, 5) is 12.4. The van der Waals surface area contributed by atoms with E-state index >= 15 is 0 Å². The highest BCUT2D eigenvalue weighted by atomic mass is 79.9. The number of carbonyl (C=O) groups excluding carboxylic acids is 1. The first kappa shape index (κ1) is 21.4. The van der Waals surface area contributed by atoms with Crippen molar-refractivity contribution < 1.29 is 13.2 Å². The number of halogens is 1. The standard InChI is InChI=1S/C20H25BrN2O3S/c1-3-16(12-17-8-5-4-6-9-17)14-22-20(24)15-23(27(2,25)26)19-11-7-10-18(21)13-19/h4-11,13,16H,3,12,14-15H2,1-2H3,(H,22,24). The monoisotopic (exact) mass is 452 g/mol. The largest absolute Gasteiger partial charge is 0.354 e. The van der Waals surface area contributed by atoms with E-state index in [1.54, 1.807) is 24.3 Å². The van der Waals surface area contributed by atoms with Crippen molar-refractivity contribution in [2.24, 2.45) is 5.92 Å². The van der Waals surface area contributed by atoms with Crippen LogP contribution >= 0.6 is 15.9 Å². The van der Waals surface area contributed by atoms with E-state index in [0.717, 1.165) is 27.9 Å². The van der Waals surface area contributed by atoms with Gasteiger partial charge < -0.3 is 5.32 Å². The van der Waals surface area contributed by atoms with Crippen molar-refractivity contribution >= 4 is 37.5 Å². The fourth-order valence-corrected chi connectivity index (χ4v) is 4.02. The topological polar surface area (TPSA) is 66.5 Å². The number of anilines is 1. The molecule has 2 aromatic rings. The van der Waals surface area contributed by atoms with E-state index in [2.05, 4.69) is 40.3 Å². The molecule has 0 aliphatic heterocycles. The number of nitrogens with one attached hydrogen (secondary N) is 1. The number of hydrogen-bond acceptors (Lipinski definition) is 3. The molecule has 0 saturated carbocycles. The molecule has 1 amide bonds. The highest BCUT2D eigenvalue weighted by Gasteiger charge is 2.21. The van der Waals surface area contributed by atoms with E-state index in [1.807, 2.05) is 18.2 Å². The summed E-state index contributed by atoms with van der Waals surface area (Å²) in [5.41, 5.74) is 1.68. The second-order valence-corrected chi connectivity index (χ2v) is 9.34. The average Bonchev–Trinajstić information content (AvgIpc) is 2.63. The predicted octanol–water partition coefficient (Wildman–Crippen LogP) is 3.60. The van der Waals surface area contributed by atoms with Gasteiger partial charge in [-0.15, -0.1) is 0 Å². The van der Waals surface area contributed by atoms with Crippen LogP contribution in [0.5, 0.6) is 0 Å². The van der Waals surface area contributed by atoms with E-state index in [0.29, 0.717) is 18.2 Å². The van der Waals surface area contributed by atoms with E-state index < -0.39 is 10.0 Å². The molecule has 146 valence electrons. The quantitative estimate of drug-likeness (QED) is 0.631. The number of sulfonamides is 1. The second kappa shape index (κ2) is 9.90. The Morgan fingerprint density at radius 1 is 1.15 bits per heavy atom. The van der Waals surface area contributed by atoms with Gasteiger partial charge in [0, 0.05) is 11.0 Å². The van der Waals surface area contributed by atoms with Gasteiger partial charge in [0.2, 0.25) is 15.9 Å². The highest BCUT2D eigenvalue weighted by molar-refractivity contribution is 9.10. The molecule has 0 radical (unpaired) electrons. The van der Waals surface area contributed by atoms with Crippen molar-refractivity contribution in [3.8, 4) is 0 Å². The third-order valence-electron chi connectivity index (χ3n) is 4.32. The molecule has 0 bridgehead atoms. The predicted molar refractivity (Wildman–Crippen MR) is 113 cm³/mol. The second-order valence-electron chi connectivity index (χ2n) is 6.52. The molecule has 5 nitrogen and oxygen atoms in total. The van der Waals surface area contributed by atoms with Crippen LogP contribution in [0.2, 0.25) is 0 Å². The Hall–Kier alpha value is -1.86. The molecular formula is C20H25BrN2O3S. The summed E-state index contributed by atoms with van der Waals surface area (Å²) in [6, 6.07) is 17.0. The van der Waals surface area contributed by atoms with Crippen LogP contribution in [-0.4, -0.2) is 33.7 Å². The number of carbonyl (C=O) groups is 1. The van der Waals surface area contributed by atoms with Gasteiger partial charge in [0.1, 0.15) is 6.54 Å². The van der Waals surface area contributed by atoms with Gasteiger partial charge in [0.15, 0.2) is 0 Å². The van der Waals surface area contributed by atoms with Crippen LogP contribution in [0.4, 0.5) is 5.69 Å². The third-order valence-corrected chi connectivity index (χ3v) is 5.95. The summed E-state index contributed by atoms with van der Waals surface area (Å²) in [6.07, 6.45) is 2.90. The molecular weight excluding hydrogens is 428 g/mol. The molecule has 1 N–H and O–H groups in total. The van der Waals surface area contributed by atoms with Crippen LogP contribution in [0.15, 0.2) is 59.1 Å². The molecule has 0 fully saturated rings. The van der Waals surface area contributed by atoms with Crippen LogP contribution in [0.1, 0.15) is 18.9 Å². The summed E-state index contributed by atoms with van der Waals surface area (Å²) in [5.74, 6) is -0.0131. The number of nitrogens with zero attached hydrogens (tertiary/aromatic N) is 1. The number of hydrogen-bond donors (Lipinski definition) is 1. The lowest BCUT2D eigenvalue weighted by atomic mass is 9.97. The Labute approximate surface area is 170 Å². The van der Waals surface area contributed by atoms with Gasteiger partial charge in [-0.3, -0.25) is 9.10 Å². The maximum atomic E-state index is 12.4. The Bertz CT molecular complexity index is 857. The lowest BCUT2D eigenvalue weighted by molar-refractivity contribution is -0.119. The maximum Gasteiger partial charge on any atom is 0.240 e. The van der Waals surface area contributed by atoms with Gasteiger partial charge in [-0.05, 0) is 36.1 Å². The normalized spacial score (nSPS) is 12.4. The van der Waals surface area contributed by atoms with Crippen LogP contribution < -0.4 is 9.62 Å². The molecule has 0 heterocycles. The molecule has 2 aromatic carbocycles. The first-order chi connectivity index (χ1) is 12.8. The Balaban J connectivity index is 1.99. The zero-order valence-corrected chi connectivity index (χ0v) is 18.0. The minimum Gasteiger partial charge on any atom is -0.354 e. The highest BCUT2D eigenvalue weighted by Crippen LogP contribution is 2.22. The molecule has 1 atom stereocenters. The summed E-state index contributed by atoms with van der Waals surface area (Å²) in [5, 5.41) is 2.88. The van der Waals surface area contributed by atoms with Crippen LogP contribution in [-0.2, 0) is 21.2 Å². The fraction of sp³-hybridized carbons (Fsp3) is 0.350. The molecule has 2 rings (SSSR count). The molecule has 0 saturated heterocycles. The van der Waals surface area contributed by atoms with Gasteiger partial charge in [0.05, 0.1) is 11.9 Å². The maximum absolute atomic E-state index is 12.4. The van der Waals surface area contributed by atoms with Crippen LogP contribution in [0.25, 0.3) is 0 Å². The number of amides is 1. The van der Waals surface area contributed by atoms with Gasteiger partial charge >= 0.3 is 0 Å². The van der Waals surface area contributed by atoms with Crippen LogP contribution in [0.3, 0.4) is 0 Å². The molecule has 0 aliphatic carbocycles. The zero-order valence-electron chi connectivity index (χ0n) is 15.6. The zero-order chi connectivity index (χ0) is 19.9. The van der Waals surface area contributed by atoms with Gasteiger partial charge in [-0.25, -0.2) is 8.42 Å². The Kier molecular flexibility index (Phi) is 7.86. The van der Waals surface area contributed by atoms with Crippen molar-refractivity contribution in [1.82, 2.24) is 5.32 Å². The van der Waals surface area contributed by atoms with Crippen molar-refractivity contribution in [2.75, 3.05) is 23.7 Å². The van der Waals surface area contributed by atoms with E-state index in [9.17, 15) is 13.2 Å². The minimum atomic E-state index is -3.57.